The van der Waals surface area contributed by atoms with Crippen LogP contribution in [0.15, 0.2) is 24.3 Å². The number of ketones is 1. The molecule has 17 heavy (non-hydrogen) atoms. The van der Waals surface area contributed by atoms with Crippen molar-refractivity contribution in [3.05, 3.63) is 35.4 Å². The zero-order valence-corrected chi connectivity index (χ0v) is 11.1. The molecule has 1 rings (SSSR count). The smallest absolute Gasteiger partial charge is 0.141 e. The molecule has 0 amide bonds. The van der Waals surface area contributed by atoms with Crippen LogP contribution in [0.4, 0.5) is 0 Å². The molecule has 0 spiro atoms. The molecule has 1 aromatic carbocycles. The Bertz CT molecular complexity index is 342. The second-order valence-corrected chi connectivity index (χ2v) is 4.52. The van der Waals surface area contributed by atoms with Crippen molar-refractivity contribution in [3.63, 3.8) is 0 Å². The Kier molecular flexibility index (Phi) is 5.92. The number of Topliss-reactive ketones (excluding diaryl/α,β-unsaturated/α-hetero) is 1. The summed E-state index contributed by atoms with van der Waals surface area (Å²) in [6, 6.07) is 8.35. The lowest BCUT2D eigenvalue weighted by Crippen LogP contribution is -2.27. The highest BCUT2D eigenvalue weighted by Crippen LogP contribution is 2.08. The summed E-state index contributed by atoms with van der Waals surface area (Å²) in [5.41, 5.74) is 2.44. The summed E-state index contributed by atoms with van der Waals surface area (Å²) in [6.07, 6.45) is 1.60. The van der Waals surface area contributed by atoms with Crippen LogP contribution in [0.5, 0.6) is 0 Å². The quantitative estimate of drug-likeness (QED) is 0.784. The Morgan fingerprint density at radius 2 is 1.76 bits per heavy atom. The van der Waals surface area contributed by atoms with Crippen LogP contribution in [0.3, 0.4) is 0 Å². The maximum atomic E-state index is 11.9. The zero-order chi connectivity index (χ0) is 12.7. The molecule has 0 heterocycles. The number of carbonyl (C=O) groups is 1. The molecular formula is C15H23NO. The van der Waals surface area contributed by atoms with Crippen molar-refractivity contribution in [2.75, 3.05) is 13.1 Å². The van der Waals surface area contributed by atoms with Gasteiger partial charge in [0.05, 0.1) is 0 Å². The first-order chi connectivity index (χ1) is 8.17. The Hall–Kier alpha value is -1.15. The van der Waals surface area contributed by atoms with Crippen molar-refractivity contribution in [2.24, 2.45) is 5.92 Å². The molecule has 0 bridgehead atoms. The molecule has 0 aliphatic heterocycles. The number of rotatable bonds is 7. The van der Waals surface area contributed by atoms with E-state index in [0.717, 1.165) is 25.1 Å². The summed E-state index contributed by atoms with van der Waals surface area (Å²) >= 11 is 0. The lowest BCUT2D eigenvalue weighted by Gasteiger charge is -2.10. The van der Waals surface area contributed by atoms with Crippen molar-refractivity contribution >= 4 is 5.78 Å². The predicted molar refractivity (Wildman–Crippen MR) is 72.2 cm³/mol. The number of aryl methyl sites for hydroxylation is 1. The minimum absolute atomic E-state index is 0.0980. The Balaban J connectivity index is 2.49. The van der Waals surface area contributed by atoms with Gasteiger partial charge in [0, 0.05) is 18.9 Å². The van der Waals surface area contributed by atoms with E-state index in [-0.39, 0.29) is 5.92 Å². The van der Waals surface area contributed by atoms with Gasteiger partial charge in [-0.1, -0.05) is 45.0 Å². The second kappa shape index (κ2) is 7.23. The normalized spacial score (nSPS) is 12.4. The van der Waals surface area contributed by atoms with E-state index < -0.39 is 0 Å². The largest absolute Gasteiger partial charge is 0.316 e. The van der Waals surface area contributed by atoms with E-state index in [1.807, 2.05) is 6.92 Å². The second-order valence-electron chi connectivity index (χ2n) is 4.52. The van der Waals surface area contributed by atoms with Gasteiger partial charge < -0.3 is 5.32 Å². The molecule has 2 nitrogen and oxygen atoms in total. The molecule has 1 N–H and O–H groups in total. The number of hydrogen-bond donors (Lipinski definition) is 1. The van der Waals surface area contributed by atoms with Crippen molar-refractivity contribution in [3.8, 4) is 0 Å². The van der Waals surface area contributed by atoms with Crippen molar-refractivity contribution in [1.29, 1.82) is 0 Å². The van der Waals surface area contributed by atoms with E-state index in [9.17, 15) is 4.79 Å². The van der Waals surface area contributed by atoms with Gasteiger partial charge in [-0.25, -0.2) is 0 Å². The van der Waals surface area contributed by atoms with E-state index in [1.165, 1.54) is 5.56 Å². The van der Waals surface area contributed by atoms with Gasteiger partial charge in [0.2, 0.25) is 0 Å². The molecule has 1 unspecified atom stereocenters. The molecule has 0 saturated heterocycles. The average molecular weight is 233 g/mol. The SMILES string of the molecule is CCNCC(C)C(=O)Cc1ccc(CC)cc1. The van der Waals surface area contributed by atoms with Gasteiger partial charge in [0.15, 0.2) is 0 Å². The lowest BCUT2D eigenvalue weighted by atomic mass is 9.98. The first kappa shape index (κ1) is 13.9. The third kappa shape index (κ3) is 4.70. The van der Waals surface area contributed by atoms with Crippen LogP contribution in [0.1, 0.15) is 31.9 Å². The summed E-state index contributed by atoms with van der Waals surface area (Å²) in [5.74, 6) is 0.413. The van der Waals surface area contributed by atoms with Crippen LogP contribution >= 0.6 is 0 Å². The summed E-state index contributed by atoms with van der Waals surface area (Å²) in [6.45, 7) is 7.88. The van der Waals surface area contributed by atoms with E-state index >= 15 is 0 Å². The third-order valence-electron chi connectivity index (χ3n) is 3.06. The summed E-state index contributed by atoms with van der Waals surface area (Å²) in [5, 5.41) is 3.21. The standard InChI is InChI=1S/C15H23NO/c1-4-13-6-8-14(9-7-13)10-15(17)12(3)11-16-5-2/h6-9,12,16H,4-5,10-11H2,1-3H3. The number of nitrogens with one attached hydrogen (secondary N) is 1. The molecule has 0 radical (unpaired) electrons. The number of benzene rings is 1. The highest BCUT2D eigenvalue weighted by molar-refractivity contribution is 5.83. The van der Waals surface area contributed by atoms with Gasteiger partial charge in [0.1, 0.15) is 5.78 Å². The molecule has 1 atom stereocenters. The van der Waals surface area contributed by atoms with Crippen molar-refractivity contribution in [2.45, 2.75) is 33.6 Å². The van der Waals surface area contributed by atoms with Crippen LogP contribution in [0.2, 0.25) is 0 Å². The predicted octanol–water partition coefficient (Wildman–Crippen LogP) is 2.61. The van der Waals surface area contributed by atoms with Crippen LogP contribution in [-0.2, 0) is 17.6 Å². The average Bonchev–Trinajstić information content (AvgIpc) is 2.36. The zero-order valence-electron chi connectivity index (χ0n) is 11.1. The van der Waals surface area contributed by atoms with Crippen molar-refractivity contribution < 1.29 is 4.79 Å². The maximum Gasteiger partial charge on any atom is 0.141 e. The van der Waals surface area contributed by atoms with Crippen molar-refractivity contribution in [1.82, 2.24) is 5.32 Å². The van der Waals surface area contributed by atoms with Gasteiger partial charge in [-0.05, 0) is 24.1 Å². The molecule has 94 valence electrons. The Labute approximate surface area is 104 Å². The minimum Gasteiger partial charge on any atom is -0.316 e. The molecule has 1 aromatic rings. The fourth-order valence-corrected chi connectivity index (χ4v) is 1.74. The molecule has 0 aliphatic rings. The number of hydrogen-bond acceptors (Lipinski definition) is 2. The molecule has 0 aromatic heterocycles. The van der Waals surface area contributed by atoms with E-state index in [2.05, 4.69) is 43.4 Å². The topological polar surface area (TPSA) is 29.1 Å². The van der Waals surface area contributed by atoms with E-state index in [1.54, 1.807) is 0 Å². The van der Waals surface area contributed by atoms with Gasteiger partial charge in [0.25, 0.3) is 0 Å². The summed E-state index contributed by atoms with van der Waals surface area (Å²) in [4.78, 5) is 11.9. The Morgan fingerprint density at radius 1 is 1.18 bits per heavy atom. The number of carbonyl (C=O) groups excluding carboxylic acids is 1. The molecule has 2 heteroatoms. The monoisotopic (exact) mass is 233 g/mol. The first-order valence-electron chi connectivity index (χ1n) is 6.48. The maximum absolute atomic E-state index is 11.9. The van der Waals surface area contributed by atoms with Crippen LogP contribution < -0.4 is 5.32 Å². The highest BCUT2D eigenvalue weighted by atomic mass is 16.1. The molecule has 0 fully saturated rings. The first-order valence-corrected chi connectivity index (χ1v) is 6.48. The summed E-state index contributed by atoms with van der Waals surface area (Å²) < 4.78 is 0. The molecule has 0 aliphatic carbocycles. The van der Waals surface area contributed by atoms with Gasteiger partial charge >= 0.3 is 0 Å². The van der Waals surface area contributed by atoms with Crippen LogP contribution in [0.25, 0.3) is 0 Å². The summed E-state index contributed by atoms with van der Waals surface area (Å²) in [7, 11) is 0. The highest BCUT2D eigenvalue weighted by Gasteiger charge is 2.12. The van der Waals surface area contributed by atoms with Gasteiger partial charge in [-0.15, -0.1) is 0 Å². The van der Waals surface area contributed by atoms with Gasteiger partial charge in [-0.2, -0.15) is 0 Å². The molecule has 0 saturated carbocycles. The Morgan fingerprint density at radius 3 is 2.29 bits per heavy atom. The fraction of sp³-hybridized carbons (Fsp3) is 0.533. The molecular weight excluding hydrogens is 210 g/mol. The van der Waals surface area contributed by atoms with Gasteiger partial charge in [-0.3, -0.25) is 4.79 Å². The minimum atomic E-state index is 0.0980. The van der Waals surface area contributed by atoms with Crippen LogP contribution in [0, 0.1) is 5.92 Å². The van der Waals surface area contributed by atoms with Crippen LogP contribution in [-0.4, -0.2) is 18.9 Å². The van der Waals surface area contributed by atoms with E-state index in [4.69, 9.17) is 0 Å². The van der Waals surface area contributed by atoms with E-state index in [0.29, 0.717) is 12.2 Å². The fourth-order valence-electron chi connectivity index (χ4n) is 1.74. The lowest BCUT2D eigenvalue weighted by molar-refractivity contribution is -0.121. The third-order valence-corrected chi connectivity index (χ3v) is 3.06.